The first kappa shape index (κ1) is 22.4. The molecule has 2 N–H and O–H groups in total. The molecule has 1 aliphatic rings. The fourth-order valence-corrected chi connectivity index (χ4v) is 3.22. The van der Waals surface area contributed by atoms with Crippen molar-refractivity contribution in [2.75, 3.05) is 64.8 Å². The minimum Gasteiger partial charge on any atom is -0.493 e. The number of methoxy groups -OCH3 is 3. The fourth-order valence-electron chi connectivity index (χ4n) is 3.22. The van der Waals surface area contributed by atoms with Gasteiger partial charge in [-0.25, -0.2) is 0 Å². The van der Waals surface area contributed by atoms with Crippen molar-refractivity contribution in [2.24, 2.45) is 0 Å². The Morgan fingerprint density at radius 1 is 0.903 bits per heavy atom. The second kappa shape index (κ2) is 10.6. The molecule has 0 unspecified atom stereocenters. The maximum atomic E-state index is 12.7. The van der Waals surface area contributed by atoms with E-state index in [4.69, 9.17) is 18.9 Å². The van der Waals surface area contributed by atoms with Crippen molar-refractivity contribution in [3.63, 3.8) is 0 Å². The van der Waals surface area contributed by atoms with Gasteiger partial charge in [-0.1, -0.05) is 0 Å². The number of benzene rings is 2. The number of morpholine rings is 1. The number of hydrogen-bond donors (Lipinski definition) is 2. The predicted molar refractivity (Wildman–Crippen MR) is 116 cm³/mol. The number of carbonyl (C=O) groups excluding carboxylic acids is 2. The molecule has 1 fully saturated rings. The van der Waals surface area contributed by atoms with Crippen molar-refractivity contribution in [3.8, 4) is 17.2 Å². The number of carbonyl (C=O) groups is 2. The van der Waals surface area contributed by atoms with Crippen molar-refractivity contribution < 1.29 is 28.5 Å². The van der Waals surface area contributed by atoms with Crippen LogP contribution in [-0.4, -0.2) is 70.9 Å². The van der Waals surface area contributed by atoms with Crippen LogP contribution in [-0.2, 0) is 9.53 Å². The van der Waals surface area contributed by atoms with E-state index in [1.807, 2.05) is 4.90 Å². The summed E-state index contributed by atoms with van der Waals surface area (Å²) in [5.41, 5.74) is 1.60. The van der Waals surface area contributed by atoms with Gasteiger partial charge < -0.3 is 29.6 Å². The van der Waals surface area contributed by atoms with Gasteiger partial charge in [0.15, 0.2) is 11.5 Å². The highest BCUT2D eigenvalue weighted by atomic mass is 16.5. The molecule has 0 saturated carbocycles. The highest BCUT2D eigenvalue weighted by Gasteiger charge is 2.17. The molecule has 0 bridgehead atoms. The van der Waals surface area contributed by atoms with E-state index in [1.54, 1.807) is 36.4 Å². The third-order valence-corrected chi connectivity index (χ3v) is 4.82. The summed E-state index contributed by atoms with van der Waals surface area (Å²) in [5, 5.41) is 5.68. The summed E-state index contributed by atoms with van der Waals surface area (Å²) in [6.45, 7) is 3.11. The normalized spacial score (nSPS) is 13.9. The maximum absolute atomic E-state index is 12.7. The number of nitrogens with one attached hydrogen (secondary N) is 2. The van der Waals surface area contributed by atoms with Gasteiger partial charge in [0.2, 0.25) is 11.7 Å². The van der Waals surface area contributed by atoms with Gasteiger partial charge in [0.1, 0.15) is 0 Å². The van der Waals surface area contributed by atoms with Gasteiger partial charge in [0.05, 0.1) is 41.1 Å². The summed E-state index contributed by atoms with van der Waals surface area (Å²) < 4.78 is 21.1. The molecule has 0 aliphatic carbocycles. The Balaban J connectivity index is 1.61. The van der Waals surface area contributed by atoms with Crippen molar-refractivity contribution in [2.45, 2.75) is 0 Å². The topological polar surface area (TPSA) is 98.4 Å². The lowest BCUT2D eigenvalue weighted by atomic mass is 10.1. The Bertz CT molecular complexity index is 885. The van der Waals surface area contributed by atoms with E-state index in [9.17, 15) is 9.59 Å². The molecular weight excluding hydrogens is 402 g/mol. The molecule has 3 rings (SSSR count). The smallest absolute Gasteiger partial charge is 0.255 e. The van der Waals surface area contributed by atoms with Crippen molar-refractivity contribution in [3.05, 3.63) is 42.0 Å². The first-order valence-electron chi connectivity index (χ1n) is 9.85. The van der Waals surface area contributed by atoms with Gasteiger partial charge >= 0.3 is 0 Å². The molecule has 31 heavy (non-hydrogen) atoms. The number of amides is 2. The third kappa shape index (κ3) is 5.87. The van der Waals surface area contributed by atoms with E-state index in [0.717, 1.165) is 13.1 Å². The zero-order chi connectivity index (χ0) is 22.2. The van der Waals surface area contributed by atoms with Crippen LogP contribution in [0.4, 0.5) is 11.4 Å². The molecule has 1 saturated heterocycles. The van der Waals surface area contributed by atoms with Crippen LogP contribution >= 0.6 is 0 Å². The minimum atomic E-state index is -0.330. The first-order valence-corrected chi connectivity index (χ1v) is 9.85. The molecule has 9 heteroatoms. The van der Waals surface area contributed by atoms with Crippen LogP contribution in [0, 0.1) is 0 Å². The summed E-state index contributed by atoms with van der Waals surface area (Å²) in [6.07, 6.45) is 0. The molecule has 1 aliphatic heterocycles. The molecule has 1 heterocycles. The predicted octanol–water partition coefficient (Wildman–Crippen LogP) is 2.24. The Morgan fingerprint density at radius 3 is 1.97 bits per heavy atom. The van der Waals surface area contributed by atoms with Gasteiger partial charge in [0, 0.05) is 30.0 Å². The van der Waals surface area contributed by atoms with Crippen LogP contribution in [0.15, 0.2) is 36.4 Å². The summed E-state index contributed by atoms with van der Waals surface area (Å²) >= 11 is 0. The van der Waals surface area contributed by atoms with Crippen LogP contribution in [0.5, 0.6) is 17.2 Å². The van der Waals surface area contributed by atoms with Gasteiger partial charge in [-0.05, 0) is 36.4 Å². The number of nitrogens with zero attached hydrogens (tertiary/aromatic N) is 1. The Hall–Kier alpha value is -3.30. The van der Waals surface area contributed by atoms with Gasteiger partial charge in [-0.2, -0.15) is 0 Å². The molecule has 0 atom stereocenters. The summed E-state index contributed by atoms with van der Waals surface area (Å²) in [5.74, 6) is 0.786. The fraction of sp³-hybridized carbons (Fsp3) is 0.364. The molecular formula is C22H27N3O6. The van der Waals surface area contributed by atoms with Crippen LogP contribution in [0.2, 0.25) is 0 Å². The molecule has 0 aromatic heterocycles. The molecule has 9 nitrogen and oxygen atoms in total. The van der Waals surface area contributed by atoms with E-state index in [0.29, 0.717) is 53.9 Å². The maximum Gasteiger partial charge on any atom is 0.255 e. The van der Waals surface area contributed by atoms with E-state index in [-0.39, 0.29) is 11.8 Å². The number of rotatable bonds is 8. The Kier molecular flexibility index (Phi) is 7.69. The minimum absolute atomic E-state index is 0.0869. The Morgan fingerprint density at radius 2 is 1.45 bits per heavy atom. The average Bonchev–Trinajstić information content (AvgIpc) is 2.79. The van der Waals surface area contributed by atoms with Crippen molar-refractivity contribution >= 4 is 23.2 Å². The van der Waals surface area contributed by atoms with Crippen molar-refractivity contribution in [1.82, 2.24) is 4.90 Å². The second-order valence-electron chi connectivity index (χ2n) is 6.88. The van der Waals surface area contributed by atoms with Crippen LogP contribution in [0.1, 0.15) is 10.4 Å². The van der Waals surface area contributed by atoms with Crippen LogP contribution < -0.4 is 24.8 Å². The van der Waals surface area contributed by atoms with Crippen molar-refractivity contribution in [1.29, 1.82) is 0 Å². The number of hydrogen-bond acceptors (Lipinski definition) is 7. The average molecular weight is 429 g/mol. The van der Waals surface area contributed by atoms with E-state index < -0.39 is 0 Å². The Labute approximate surface area is 181 Å². The SMILES string of the molecule is COc1cc(C(=O)Nc2ccc(NC(=O)CN3CCOCC3)cc2)cc(OC)c1OC. The summed E-state index contributed by atoms with van der Waals surface area (Å²) in [4.78, 5) is 26.9. The lowest BCUT2D eigenvalue weighted by molar-refractivity contribution is -0.118. The lowest BCUT2D eigenvalue weighted by Crippen LogP contribution is -2.41. The third-order valence-electron chi connectivity index (χ3n) is 4.82. The quantitative estimate of drug-likeness (QED) is 0.664. The number of ether oxygens (including phenoxy) is 4. The molecule has 2 aromatic carbocycles. The van der Waals surface area contributed by atoms with E-state index >= 15 is 0 Å². The largest absolute Gasteiger partial charge is 0.493 e. The summed E-state index contributed by atoms with van der Waals surface area (Å²) in [6, 6.07) is 10.1. The highest BCUT2D eigenvalue weighted by molar-refractivity contribution is 6.05. The highest BCUT2D eigenvalue weighted by Crippen LogP contribution is 2.38. The van der Waals surface area contributed by atoms with Crippen LogP contribution in [0.25, 0.3) is 0 Å². The van der Waals surface area contributed by atoms with Gasteiger partial charge in [-0.15, -0.1) is 0 Å². The number of anilines is 2. The van der Waals surface area contributed by atoms with E-state index in [1.165, 1.54) is 21.3 Å². The zero-order valence-corrected chi connectivity index (χ0v) is 17.9. The first-order chi connectivity index (χ1) is 15.0. The van der Waals surface area contributed by atoms with Crippen LogP contribution in [0.3, 0.4) is 0 Å². The molecule has 0 radical (unpaired) electrons. The standard InChI is InChI=1S/C22H27N3O6/c1-28-18-12-15(13-19(29-2)21(18)30-3)22(27)24-17-6-4-16(5-7-17)23-20(26)14-25-8-10-31-11-9-25/h4-7,12-13H,8-11,14H2,1-3H3,(H,23,26)(H,24,27). The second-order valence-corrected chi connectivity index (χ2v) is 6.88. The molecule has 0 spiro atoms. The van der Waals surface area contributed by atoms with Gasteiger partial charge in [-0.3, -0.25) is 14.5 Å². The molecule has 166 valence electrons. The van der Waals surface area contributed by atoms with E-state index in [2.05, 4.69) is 10.6 Å². The van der Waals surface area contributed by atoms with Gasteiger partial charge in [0.25, 0.3) is 5.91 Å². The molecule has 2 amide bonds. The monoisotopic (exact) mass is 429 g/mol. The lowest BCUT2D eigenvalue weighted by Gasteiger charge is -2.25. The summed E-state index contributed by atoms with van der Waals surface area (Å²) in [7, 11) is 4.48. The zero-order valence-electron chi connectivity index (χ0n) is 17.9. The molecule has 2 aromatic rings.